The van der Waals surface area contributed by atoms with Crippen LogP contribution < -0.4 is 0 Å². The number of ether oxygens (including phenoxy) is 10. The Hall–Kier alpha value is -3.87. The maximum atomic E-state index is 12.2. The van der Waals surface area contributed by atoms with Crippen molar-refractivity contribution < 1.29 is 86.0 Å². The Morgan fingerprint density at radius 3 is 1.27 bits per heavy atom. The lowest BCUT2D eigenvalue weighted by Gasteiger charge is -2.48. The van der Waals surface area contributed by atoms with E-state index in [1.807, 2.05) is 0 Å². The zero-order valence-corrected chi connectivity index (χ0v) is 25.1. The number of esters is 7. The lowest BCUT2D eigenvalue weighted by molar-refractivity contribution is -0.357. The van der Waals surface area contributed by atoms with Gasteiger partial charge >= 0.3 is 41.8 Å². The van der Waals surface area contributed by atoms with Gasteiger partial charge in [0.1, 0.15) is 31.5 Å². The molecule has 44 heavy (non-hydrogen) atoms. The Morgan fingerprint density at radius 1 is 0.477 bits per heavy atom. The minimum Gasteiger partial charge on any atom is -0.463 e. The highest BCUT2D eigenvalue weighted by Crippen LogP contribution is 2.34. The second kappa shape index (κ2) is 16.3. The molecule has 0 spiro atoms. The van der Waals surface area contributed by atoms with E-state index in [0.29, 0.717) is 0 Å². The first-order chi connectivity index (χ1) is 20.5. The molecule has 0 radical (unpaired) electrons. The fraction of sp³-hybridized carbons (Fsp3) is 0.731. The van der Waals surface area contributed by atoms with Crippen LogP contribution in [0.1, 0.15) is 48.5 Å². The van der Waals surface area contributed by atoms with Gasteiger partial charge in [-0.3, -0.25) is 33.6 Å². The van der Waals surface area contributed by atoms with Gasteiger partial charge in [-0.05, 0) is 0 Å². The van der Waals surface area contributed by atoms with Crippen LogP contribution in [0.3, 0.4) is 0 Å². The molecule has 0 aromatic rings. The minimum absolute atomic E-state index is 0.572. The number of rotatable bonds is 11. The Kier molecular flexibility index (Phi) is 13.4. The van der Waals surface area contributed by atoms with Crippen LogP contribution >= 0.6 is 0 Å². The molecule has 2 rings (SSSR count). The average molecular weight is 637 g/mol. The molecule has 2 saturated heterocycles. The Morgan fingerprint density at radius 2 is 0.841 bits per heavy atom. The number of hydrogen-bond donors (Lipinski definition) is 1. The van der Waals surface area contributed by atoms with Gasteiger partial charge in [0.25, 0.3) is 0 Å². The molecule has 2 heterocycles. The van der Waals surface area contributed by atoms with E-state index in [4.69, 9.17) is 47.4 Å². The topological polar surface area (TPSA) is 232 Å². The van der Waals surface area contributed by atoms with Gasteiger partial charge in [0.15, 0.2) is 43.1 Å². The Balaban J connectivity index is 2.66. The van der Waals surface area contributed by atoms with Crippen molar-refractivity contribution in [1.29, 1.82) is 0 Å². The maximum Gasteiger partial charge on any atom is 0.303 e. The van der Waals surface area contributed by atoms with Crippen molar-refractivity contribution in [2.45, 2.75) is 110 Å². The first-order valence-electron chi connectivity index (χ1n) is 13.3. The molecule has 0 saturated carbocycles. The van der Waals surface area contributed by atoms with E-state index >= 15 is 0 Å². The monoisotopic (exact) mass is 636 g/mol. The second-order valence-electron chi connectivity index (χ2n) is 9.68. The van der Waals surface area contributed by atoms with Gasteiger partial charge in [-0.1, -0.05) is 0 Å². The first-order valence-corrected chi connectivity index (χ1v) is 13.3. The number of aliphatic hydroxyl groups excluding tert-OH is 1. The van der Waals surface area contributed by atoms with E-state index < -0.39 is 116 Å². The standard InChI is InChI=1S/C26H36O18/c1-10(27)35-8-17-20(21(38-13(4)30)23(25(34)42-17)40-15(6)32)44-26-24(41-16(7)33)22(39-14(5)31)19(37-12(3)29)18(43-26)9-36-11(2)28/h17-26,34H,8-9H2,1-7H3/t17?,18?,19-,20-,21-,22+,23?,24?,25?,26+/m1/s1. The summed E-state index contributed by atoms with van der Waals surface area (Å²) in [5.41, 5.74) is 0. The van der Waals surface area contributed by atoms with Crippen molar-refractivity contribution in [1.82, 2.24) is 0 Å². The SMILES string of the molecule is CC(=O)OCC1O[C@@H](O[C@@H]2C(COC(C)=O)OC(O)C(OC(C)=O)[C@@H]2OC(C)=O)C(OC(C)=O)[C@@H](OC(C)=O)[C@@H]1OC(C)=O. The molecule has 2 aliphatic heterocycles. The largest absolute Gasteiger partial charge is 0.463 e. The third-order valence-corrected chi connectivity index (χ3v) is 5.90. The third-order valence-electron chi connectivity index (χ3n) is 5.90. The van der Waals surface area contributed by atoms with E-state index in [1.165, 1.54) is 0 Å². The van der Waals surface area contributed by atoms with Crippen LogP contribution in [0.5, 0.6) is 0 Å². The Labute approximate surface area is 251 Å². The van der Waals surface area contributed by atoms with Gasteiger partial charge in [-0.2, -0.15) is 0 Å². The van der Waals surface area contributed by atoms with E-state index in [2.05, 4.69) is 0 Å². The second-order valence-corrected chi connectivity index (χ2v) is 9.68. The van der Waals surface area contributed by atoms with Crippen molar-refractivity contribution in [3.8, 4) is 0 Å². The normalized spacial score (nSPS) is 31.5. The minimum atomic E-state index is -1.90. The molecule has 0 aliphatic carbocycles. The van der Waals surface area contributed by atoms with Crippen LogP contribution in [0.25, 0.3) is 0 Å². The summed E-state index contributed by atoms with van der Waals surface area (Å²) >= 11 is 0. The molecule has 10 atom stereocenters. The molecular formula is C26H36O18. The average Bonchev–Trinajstić information content (AvgIpc) is 2.87. The molecule has 0 aromatic carbocycles. The molecule has 2 aliphatic rings. The van der Waals surface area contributed by atoms with Gasteiger partial charge in [0.05, 0.1) is 0 Å². The summed E-state index contributed by atoms with van der Waals surface area (Å²) in [6.45, 7) is 6.11. The fourth-order valence-electron chi connectivity index (χ4n) is 4.49. The van der Waals surface area contributed by atoms with Crippen LogP contribution in [0.15, 0.2) is 0 Å². The molecule has 5 unspecified atom stereocenters. The maximum absolute atomic E-state index is 12.2. The highest BCUT2D eigenvalue weighted by atomic mass is 16.8. The smallest absolute Gasteiger partial charge is 0.303 e. The van der Waals surface area contributed by atoms with Crippen LogP contribution in [0.2, 0.25) is 0 Å². The fourth-order valence-corrected chi connectivity index (χ4v) is 4.49. The van der Waals surface area contributed by atoms with Gasteiger partial charge in [-0.15, -0.1) is 0 Å². The predicted molar refractivity (Wildman–Crippen MR) is 135 cm³/mol. The molecular weight excluding hydrogens is 600 g/mol. The number of aliphatic hydroxyl groups is 1. The summed E-state index contributed by atoms with van der Waals surface area (Å²) in [6.07, 6.45) is -16.3. The summed E-state index contributed by atoms with van der Waals surface area (Å²) in [7, 11) is 0. The van der Waals surface area contributed by atoms with Gasteiger partial charge in [0.2, 0.25) is 0 Å². The molecule has 1 N–H and O–H groups in total. The van der Waals surface area contributed by atoms with Crippen molar-refractivity contribution in [2.75, 3.05) is 13.2 Å². The van der Waals surface area contributed by atoms with Gasteiger partial charge < -0.3 is 52.5 Å². The molecule has 18 nitrogen and oxygen atoms in total. The van der Waals surface area contributed by atoms with E-state index in [0.717, 1.165) is 48.5 Å². The highest BCUT2D eigenvalue weighted by molar-refractivity contribution is 5.69. The number of hydrogen-bond acceptors (Lipinski definition) is 18. The van der Waals surface area contributed by atoms with Crippen molar-refractivity contribution in [3.63, 3.8) is 0 Å². The highest BCUT2D eigenvalue weighted by Gasteiger charge is 2.57. The number of carbonyl (C=O) groups is 7. The van der Waals surface area contributed by atoms with Crippen molar-refractivity contribution in [3.05, 3.63) is 0 Å². The Bertz CT molecular complexity index is 1090. The van der Waals surface area contributed by atoms with E-state index in [9.17, 15) is 38.7 Å². The summed E-state index contributed by atoms with van der Waals surface area (Å²) < 4.78 is 54.1. The first kappa shape index (κ1) is 36.3. The lowest BCUT2D eigenvalue weighted by Crippen LogP contribution is -2.67. The third kappa shape index (κ3) is 10.7. The molecule has 0 bridgehead atoms. The molecule has 18 heteroatoms. The predicted octanol–water partition coefficient (Wildman–Crippen LogP) is -1.40. The van der Waals surface area contributed by atoms with E-state index in [-0.39, 0.29) is 0 Å². The van der Waals surface area contributed by atoms with Crippen LogP contribution in [0, 0.1) is 0 Å². The zero-order valence-electron chi connectivity index (χ0n) is 25.1. The van der Waals surface area contributed by atoms with Crippen LogP contribution in [-0.2, 0) is 80.9 Å². The van der Waals surface area contributed by atoms with Crippen molar-refractivity contribution >= 4 is 41.8 Å². The van der Waals surface area contributed by atoms with Crippen LogP contribution in [-0.4, -0.2) is 122 Å². The molecule has 0 aromatic heterocycles. The van der Waals surface area contributed by atoms with Crippen molar-refractivity contribution in [2.24, 2.45) is 0 Å². The summed E-state index contributed by atoms with van der Waals surface area (Å²) in [5.74, 6) is -6.03. The number of carbonyl (C=O) groups excluding carboxylic acids is 7. The quantitative estimate of drug-likeness (QED) is 0.203. The van der Waals surface area contributed by atoms with Crippen LogP contribution in [0.4, 0.5) is 0 Å². The summed E-state index contributed by atoms with van der Waals surface area (Å²) in [4.78, 5) is 83.5. The molecule has 0 amide bonds. The molecule has 248 valence electrons. The zero-order chi connectivity index (χ0) is 33.3. The van der Waals surface area contributed by atoms with E-state index in [1.54, 1.807) is 0 Å². The van der Waals surface area contributed by atoms with Gasteiger partial charge in [0, 0.05) is 48.5 Å². The van der Waals surface area contributed by atoms with Gasteiger partial charge in [-0.25, -0.2) is 0 Å². The summed E-state index contributed by atoms with van der Waals surface area (Å²) in [6, 6.07) is 0. The molecule has 2 fully saturated rings. The summed E-state index contributed by atoms with van der Waals surface area (Å²) in [5, 5.41) is 10.6. The lowest BCUT2D eigenvalue weighted by atomic mass is 9.96.